The number of benzene rings is 1. The Kier molecular flexibility index (Phi) is 6.65. The van der Waals surface area contributed by atoms with E-state index in [0.717, 1.165) is 57.3 Å². The number of likely N-dealkylation sites (N-methyl/N-ethyl adjacent to an activating group) is 1. The molecule has 1 aromatic carbocycles. The number of amides is 1. The molecule has 0 unspecified atom stereocenters. The summed E-state index contributed by atoms with van der Waals surface area (Å²) in [6.07, 6.45) is 2.58. The Morgan fingerprint density at radius 1 is 1.15 bits per heavy atom. The van der Waals surface area contributed by atoms with Gasteiger partial charge >= 0.3 is 0 Å². The van der Waals surface area contributed by atoms with E-state index in [9.17, 15) is 4.79 Å². The molecule has 1 aromatic heterocycles. The van der Waals surface area contributed by atoms with Crippen molar-refractivity contribution in [1.29, 1.82) is 0 Å². The molecule has 6 nitrogen and oxygen atoms in total. The molecule has 0 saturated carbocycles. The third-order valence-electron chi connectivity index (χ3n) is 4.99. The Morgan fingerprint density at radius 2 is 1.89 bits per heavy atom. The number of hydrogen-bond donors (Lipinski definition) is 1. The smallest absolute Gasteiger partial charge is 0.254 e. The minimum atomic E-state index is 0.0892. The molecule has 1 fully saturated rings. The molecule has 1 aliphatic rings. The van der Waals surface area contributed by atoms with Crippen molar-refractivity contribution in [3.8, 4) is 5.75 Å². The molecule has 1 aliphatic heterocycles. The third-order valence-corrected chi connectivity index (χ3v) is 4.99. The van der Waals surface area contributed by atoms with Crippen LogP contribution in [0, 0.1) is 0 Å². The number of methoxy groups -OCH3 is 1. The molecule has 2 heterocycles. The predicted octanol–water partition coefficient (Wildman–Crippen LogP) is 2.52. The van der Waals surface area contributed by atoms with Crippen LogP contribution in [0.1, 0.15) is 22.8 Å². The standard InChI is InChI=1S/C21H28N4O2/c1-3-24-12-14-25(15-13-24)21(26)18-9-11-23-20(16-18)22-10-8-17-4-6-19(27-2)7-5-17/h4-7,9,11,16H,3,8,10,12-15H2,1-2H3,(H,22,23). The van der Waals surface area contributed by atoms with E-state index in [1.54, 1.807) is 19.4 Å². The van der Waals surface area contributed by atoms with Crippen molar-refractivity contribution in [1.82, 2.24) is 14.8 Å². The first kappa shape index (κ1) is 19.2. The molecule has 2 aromatic rings. The van der Waals surface area contributed by atoms with E-state index in [2.05, 4.69) is 34.3 Å². The fraction of sp³-hybridized carbons (Fsp3) is 0.429. The maximum absolute atomic E-state index is 12.7. The van der Waals surface area contributed by atoms with E-state index in [-0.39, 0.29) is 5.91 Å². The molecule has 3 rings (SSSR count). The normalized spacial score (nSPS) is 14.8. The Bertz CT molecular complexity index is 740. The molecule has 0 aliphatic carbocycles. The summed E-state index contributed by atoms with van der Waals surface area (Å²) in [6, 6.07) is 11.7. The van der Waals surface area contributed by atoms with E-state index in [1.165, 1.54) is 5.56 Å². The van der Waals surface area contributed by atoms with Gasteiger partial charge in [-0.1, -0.05) is 19.1 Å². The van der Waals surface area contributed by atoms with Crippen LogP contribution >= 0.6 is 0 Å². The average Bonchev–Trinajstić information content (AvgIpc) is 2.74. The first-order valence-electron chi connectivity index (χ1n) is 9.54. The van der Waals surface area contributed by atoms with Crippen LogP contribution in [0.2, 0.25) is 0 Å². The molecule has 0 radical (unpaired) electrons. The van der Waals surface area contributed by atoms with Crippen LogP contribution in [0.25, 0.3) is 0 Å². The maximum Gasteiger partial charge on any atom is 0.254 e. The SMILES string of the molecule is CCN1CCN(C(=O)c2ccnc(NCCc3ccc(OC)cc3)c2)CC1. The van der Waals surface area contributed by atoms with E-state index in [4.69, 9.17) is 4.74 Å². The van der Waals surface area contributed by atoms with Gasteiger partial charge in [0.1, 0.15) is 11.6 Å². The average molecular weight is 368 g/mol. The molecule has 144 valence electrons. The van der Waals surface area contributed by atoms with Gasteiger partial charge in [-0.2, -0.15) is 0 Å². The van der Waals surface area contributed by atoms with Gasteiger partial charge in [0.05, 0.1) is 7.11 Å². The lowest BCUT2D eigenvalue weighted by Crippen LogP contribution is -2.48. The zero-order chi connectivity index (χ0) is 19.1. The summed E-state index contributed by atoms with van der Waals surface area (Å²) in [5, 5.41) is 3.31. The van der Waals surface area contributed by atoms with Crippen molar-refractivity contribution in [2.75, 3.05) is 51.7 Å². The summed E-state index contributed by atoms with van der Waals surface area (Å²) in [5.41, 5.74) is 1.92. The predicted molar refractivity (Wildman–Crippen MR) is 107 cm³/mol. The molecule has 0 spiro atoms. The first-order valence-corrected chi connectivity index (χ1v) is 9.54. The highest BCUT2D eigenvalue weighted by Crippen LogP contribution is 2.14. The summed E-state index contributed by atoms with van der Waals surface area (Å²) in [6.45, 7) is 7.42. The largest absolute Gasteiger partial charge is 0.497 e. The second kappa shape index (κ2) is 9.37. The van der Waals surface area contributed by atoms with Gasteiger partial charge in [0.2, 0.25) is 0 Å². The monoisotopic (exact) mass is 368 g/mol. The highest BCUT2D eigenvalue weighted by molar-refractivity contribution is 5.94. The van der Waals surface area contributed by atoms with Crippen molar-refractivity contribution in [2.45, 2.75) is 13.3 Å². The summed E-state index contributed by atoms with van der Waals surface area (Å²) in [4.78, 5) is 21.4. The van der Waals surface area contributed by atoms with Crippen LogP contribution < -0.4 is 10.1 Å². The van der Waals surface area contributed by atoms with Gasteiger partial charge in [-0.15, -0.1) is 0 Å². The van der Waals surface area contributed by atoms with Crippen LogP contribution in [0.5, 0.6) is 5.75 Å². The lowest BCUT2D eigenvalue weighted by atomic mass is 10.1. The van der Waals surface area contributed by atoms with Crippen LogP contribution in [-0.2, 0) is 6.42 Å². The minimum absolute atomic E-state index is 0.0892. The molecular formula is C21H28N4O2. The minimum Gasteiger partial charge on any atom is -0.497 e. The Hall–Kier alpha value is -2.60. The fourth-order valence-corrected chi connectivity index (χ4v) is 3.24. The number of ether oxygens (including phenoxy) is 1. The highest BCUT2D eigenvalue weighted by Gasteiger charge is 2.21. The van der Waals surface area contributed by atoms with Crippen molar-refractivity contribution < 1.29 is 9.53 Å². The van der Waals surface area contributed by atoms with Crippen molar-refractivity contribution >= 4 is 11.7 Å². The number of carbonyl (C=O) groups excluding carboxylic acids is 1. The zero-order valence-corrected chi connectivity index (χ0v) is 16.1. The molecule has 27 heavy (non-hydrogen) atoms. The number of nitrogens with one attached hydrogen (secondary N) is 1. The molecule has 1 amide bonds. The van der Waals surface area contributed by atoms with Crippen molar-refractivity contribution in [2.24, 2.45) is 0 Å². The number of aromatic nitrogens is 1. The number of hydrogen-bond acceptors (Lipinski definition) is 5. The molecule has 0 bridgehead atoms. The molecule has 1 N–H and O–H groups in total. The summed E-state index contributed by atoms with van der Waals surface area (Å²) >= 11 is 0. The van der Waals surface area contributed by atoms with Crippen molar-refractivity contribution in [3.63, 3.8) is 0 Å². The van der Waals surface area contributed by atoms with Crippen LogP contribution in [0.3, 0.4) is 0 Å². The van der Waals surface area contributed by atoms with E-state index in [0.29, 0.717) is 5.56 Å². The van der Waals surface area contributed by atoms with Gasteiger partial charge in [-0.25, -0.2) is 4.98 Å². The van der Waals surface area contributed by atoms with E-state index >= 15 is 0 Å². The number of nitrogens with zero attached hydrogens (tertiary/aromatic N) is 3. The lowest BCUT2D eigenvalue weighted by molar-refractivity contribution is 0.0643. The zero-order valence-electron chi connectivity index (χ0n) is 16.1. The van der Waals surface area contributed by atoms with Crippen LogP contribution in [0.4, 0.5) is 5.82 Å². The lowest BCUT2D eigenvalue weighted by Gasteiger charge is -2.34. The summed E-state index contributed by atoms with van der Waals surface area (Å²) in [7, 11) is 1.67. The Morgan fingerprint density at radius 3 is 2.56 bits per heavy atom. The summed E-state index contributed by atoms with van der Waals surface area (Å²) < 4.78 is 5.18. The first-order chi connectivity index (χ1) is 13.2. The molecule has 0 atom stereocenters. The van der Waals surface area contributed by atoms with Crippen LogP contribution in [-0.4, -0.2) is 67.1 Å². The van der Waals surface area contributed by atoms with Gasteiger partial charge in [-0.05, 0) is 42.8 Å². The topological polar surface area (TPSA) is 57.7 Å². The molecular weight excluding hydrogens is 340 g/mol. The maximum atomic E-state index is 12.7. The van der Waals surface area contributed by atoms with Crippen LogP contribution in [0.15, 0.2) is 42.6 Å². The molecule has 1 saturated heterocycles. The van der Waals surface area contributed by atoms with E-state index < -0.39 is 0 Å². The third kappa shape index (κ3) is 5.20. The summed E-state index contributed by atoms with van der Waals surface area (Å²) in [5.74, 6) is 1.69. The number of rotatable bonds is 7. The van der Waals surface area contributed by atoms with Crippen molar-refractivity contribution in [3.05, 3.63) is 53.7 Å². The number of pyridine rings is 1. The number of carbonyl (C=O) groups is 1. The number of piperazine rings is 1. The Balaban J connectivity index is 1.53. The highest BCUT2D eigenvalue weighted by atomic mass is 16.5. The Labute approximate surface area is 161 Å². The van der Waals surface area contributed by atoms with E-state index in [1.807, 2.05) is 23.1 Å². The van der Waals surface area contributed by atoms with Gasteiger partial charge in [0.25, 0.3) is 5.91 Å². The van der Waals surface area contributed by atoms with Gasteiger partial charge in [0.15, 0.2) is 0 Å². The quantitative estimate of drug-likeness (QED) is 0.814. The second-order valence-corrected chi connectivity index (χ2v) is 6.68. The van der Waals surface area contributed by atoms with Gasteiger partial charge < -0.3 is 19.9 Å². The van der Waals surface area contributed by atoms with Gasteiger partial charge in [0, 0.05) is 44.5 Å². The second-order valence-electron chi connectivity index (χ2n) is 6.68. The number of anilines is 1. The molecule has 6 heteroatoms. The van der Waals surface area contributed by atoms with Gasteiger partial charge in [-0.3, -0.25) is 4.79 Å². The fourth-order valence-electron chi connectivity index (χ4n) is 3.24.